The molecule has 0 aliphatic carbocycles. The molecule has 6 nitrogen and oxygen atoms in total. The lowest BCUT2D eigenvalue weighted by atomic mass is 10.2. The van der Waals surface area contributed by atoms with Crippen molar-refractivity contribution in [2.75, 3.05) is 6.54 Å². The van der Waals surface area contributed by atoms with Crippen molar-refractivity contribution in [1.29, 1.82) is 0 Å². The summed E-state index contributed by atoms with van der Waals surface area (Å²) in [4.78, 5) is 4.52. The number of aromatic nitrogens is 3. The molecule has 1 aromatic carbocycles. The Kier molecular flexibility index (Phi) is 4.73. The van der Waals surface area contributed by atoms with Crippen LogP contribution in [-0.2, 0) is 16.6 Å². The maximum absolute atomic E-state index is 12.3. The van der Waals surface area contributed by atoms with Gasteiger partial charge in [-0.2, -0.15) is 5.10 Å². The third kappa shape index (κ3) is 3.87. The second kappa shape index (κ2) is 6.94. The molecule has 0 unspecified atom stereocenters. The fraction of sp³-hybridized carbons (Fsp3) is 0.176. The highest BCUT2D eigenvalue weighted by atomic mass is 32.2. The molecule has 3 rings (SSSR count). The molecule has 0 aliphatic heterocycles. The van der Waals surface area contributed by atoms with Gasteiger partial charge in [-0.05, 0) is 42.8 Å². The van der Waals surface area contributed by atoms with Crippen molar-refractivity contribution in [2.45, 2.75) is 18.4 Å². The Morgan fingerprint density at radius 3 is 2.71 bits per heavy atom. The van der Waals surface area contributed by atoms with Crippen LogP contribution >= 0.6 is 0 Å². The SMILES string of the molecule is Cc1cccc(S(=O)(=O)NCCn2ccc(-c3ccccn3)n2)c1. The Hall–Kier alpha value is -2.51. The molecule has 2 heterocycles. The fourth-order valence-corrected chi connectivity index (χ4v) is 3.42. The Labute approximate surface area is 141 Å². The fourth-order valence-electron chi connectivity index (χ4n) is 2.30. The zero-order valence-electron chi connectivity index (χ0n) is 13.3. The quantitative estimate of drug-likeness (QED) is 0.745. The van der Waals surface area contributed by atoms with Crippen LogP contribution in [-0.4, -0.2) is 29.7 Å². The Morgan fingerprint density at radius 1 is 1.08 bits per heavy atom. The molecule has 3 aromatic rings. The third-order valence-corrected chi connectivity index (χ3v) is 4.96. The number of rotatable bonds is 6. The van der Waals surface area contributed by atoms with Crippen LogP contribution in [0.5, 0.6) is 0 Å². The molecule has 2 aromatic heterocycles. The van der Waals surface area contributed by atoms with Crippen LogP contribution in [0.3, 0.4) is 0 Å². The minimum Gasteiger partial charge on any atom is -0.271 e. The van der Waals surface area contributed by atoms with Crippen molar-refractivity contribution in [2.24, 2.45) is 0 Å². The van der Waals surface area contributed by atoms with E-state index in [2.05, 4.69) is 14.8 Å². The number of aryl methyl sites for hydroxylation is 1. The number of benzene rings is 1. The number of nitrogens with one attached hydrogen (secondary N) is 1. The van der Waals surface area contributed by atoms with Crippen LogP contribution in [0.1, 0.15) is 5.56 Å². The van der Waals surface area contributed by atoms with Gasteiger partial charge in [0, 0.05) is 18.9 Å². The summed E-state index contributed by atoms with van der Waals surface area (Å²) >= 11 is 0. The monoisotopic (exact) mass is 342 g/mol. The summed E-state index contributed by atoms with van der Waals surface area (Å²) in [5.74, 6) is 0. The van der Waals surface area contributed by atoms with Crippen molar-refractivity contribution < 1.29 is 8.42 Å². The smallest absolute Gasteiger partial charge is 0.240 e. The number of hydrogen-bond donors (Lipinski definition) is 1. The van der Waals surface area contributed by atoms with E-state index in [1.54, 1.807) is 29.1 Å². The lowest BCUT2D eigenvalue weighted by molar-refractivity contribution is 0.561. The van der Waals surface area contributed by atoms with E-state index in [-0.39, 0.29) is 11.4 Å². The van der Waals surface area contributed by atoms with Gasteiger partial charge in [0.25, 0.3) is 0 Å². The van der Waals surface area contributed by atoms with E-state index in [0.717, 1.165) is 17.0 Å². The summed E-state index contributed by atoms with van der Waals surface area (Å²) in [5.41, 5.74) is 2.46. The average Bonchev–Trinajstić information content (AvgIpc) is 3.04. The molecule has 1 N–H and O–H groups in total. The minimum atomic E-state index is -3.50. The molecular weight excluding hydrogens is 324 g/mol. The highest BCUT2D eigenvalue weighted by Crippen LogP contribution is 2.13. The largest absolute Gasteiger partial charge is 0.271 e. The zero-order valence-corrected chi connectivity index (χ0v) is 14.1. The van der Waals surface area contributed by atoms with Gasteiger partial charge >= 0.3 is 0 Å². The van der Waals surface area contributed by atoms with Crippen molar-refractivity contribution in [1.82, 2.24) is 19.5 Å². The van der Waals surface area contributed by atoms with Crippen LogP contribution in [0.4, 0.5) is 0 Å². The van der Waals surface area contributed by atoms with Gasteiger partial charge in [0.2, 0.25) is 10.0 Å². The van der Waals surface area contributed by atoms with E-state index in [9.17, 15) is 8.42 Å². The van der Waals surface area contributed by atoms with E-state index >= 15 is 0 Å². The van der Waals surface area contributed by atoms with Crippen LogP contribution in [0, 0.1) is 6.92 Å². The average molecular weight is 342 g/mol. The summed E-state index contributed by atoms with van der Waals surface area (Å²) in [6.45, 7) is 2.57. The zero-order chi connectivity index (χ0) is 17.0. The summed E-state index contributed by atoms with van der Waals surface area (Å²) < 4.78 is 28.8. The predicted octanol–water partition coefficient (Wildman–Crippen LogP) is 2.23. The van der Waals surface area contributed by atoms with Gasteiger partial charge in [-0.15, -0.1) is 0 Å². The maximum Gasteiger partial charge on any atom is 0.240 e. The van der Waals surface area contributed by atoms with Gasteiger partial charge in [0.15, 0.2) is 0 Å². The van der Waals surface area contributed by atoms with E-state index < -0.39 is 10.0 Å². The van der Waals surface area contributed by atoms with Gasteiger partial charge in [-0.3, -0.25) is 9.67 Å². The lowest BCUT2D eigenvalue weighted by Crippen LogP contribution is -2.27. The molecule has 0 saturated carbocycles. The molecular formula is C17H18N4O2S. The van der Waals surface area contributed by atoms with Crippen molar-refractivity contribution in [3.8, 4) is 11.4 Å². The molecule has 0 amide bonds. The molecule has 0 spiro atoms. The second-order valence-electron chi connectivity index (χ2n) is 5.39. The van der Waals surface area contributed by atoms with Crippen molar-refractivity contribution in [3.05, 3.63) is 66.5 Å². The molecule has 0 fully saturated rings. The van der Waals surface area contributed by atoms with E-state index in [4.69, 9.17) is 0 Å². The lowest BCUT2D eigenvalue weighted by Gasteiger charge is -2.07. The van der Waals surface area contributed by atoms with E-state index in [1.165, 1.54) is 0 Å². The van der Waals surface area contributed by atoms with Crippen LogP contribution in [0.15, 0.2) is 65.8 Å². The van der Waals surface area contributed by atoms with Gasteiger partial charge in [-0.25, -0.2) is 13.1 Å². The standard InChI is InChI=1S/C17H18N4O2S/c1-14-5-4-6-15(13-14)24(22,23)19-10-12-21-11-8-17(20-21)16-7-2-3-9-18-16/h2-9,11,13,19H,10,12H2,1H3. The molecule has 0 bridgehead atoms. The van der Waals surface area contributed by atoms with Gasteiger partial charge < -0.3 is 0 Å². The topological polar surface area (TPSA) is 76.9 Å². The normalized spacial score (nSPS) is 11.5. The molecule has 0 atom stereocenters. The number of nitrogens with zero attached hydrogens (tertiary/aromatic N) is 3. The number of pyridine rings is 1. The number of sulfonamides is 1. The second-order valence-corrected chi connectivity index (χ2v) is 7.16. The molecule has 0 aliphatic rings. The Bertz CT molecular complexity index is 921. The first-order valence-electron chi connectivity index (χ1n) is 7.56. The van der Waals surface area contributed by atoms with E-state index in [1.807, 2.05) is 43.5 Å². The molecule has 0 saturated heterocycles. The highest BCUT2D eigenvalue weighted by molar-refractivity contribution is 7.89. The minimum absolute atomic E-state index is 0.264. The molecule has 124 valence electrons. The summed E-state index contributed by atoms with van der Waals surface area (Å²) in [7, 11) is -3.50. The Balaban J connectivity index is 1.62. The van der Waals surface area contributed by atoms with Gasteiger partial charge in [0.1, 0.15) is 5.69 Å². The van der Waals surface area contributed by atoms with Crippen LogP contribution < -0.4 is 4.72 Å². The summed E-state index contributed by atoms with van der Waals surface area (Å²) in [6, 6.07) is 14.3. The Morgan fingerprint density at radius 2 is 1.96 bits per heavy atom. The van der Waals surface area contributed by atoms with Crippen LogP contribution in [0.2, 0.25) is 0 Å². The van der Waals surface area contributed by atoms with Gasteiger partial charge in [-0.1, -0.05) is 18.2 Å². The first-order chi connectivity index (χ1) is 11.5. The highest BCUT2D eigenvalue weighted by Gasteiger charge is 2.13. The van der Waals surface area contributed by atoms with E-state index in [0.29, 0.717) is 6.54 Å². The molecule has 7 heteroatoms. The van der Waals surface area contributed by atoms with Crippen molar-refractivity contribution in [3.63, 3.8) is 0 Å². The molecule has 0 radical (unpaired) electrons. The van der Waals surface area contributed by atoms with Gasteiger partial charge in [0.05, 0.1) is 17.1 Å². The predicted molar refractivity (Wildman–Crippen MR) is 91.8 cm³/mol. The summed E-state index contributed by atoms with van der Waals surface area (Å²) in [5, 5.41) is 4.41. The third-order valence-electron chi connectivity index (χ3n) is 3.50. The summed E-state index contributed by atoms with van der Waals surface area (Å²) in [6.07, 6.45) is 3.52. The number of hydrogen-bond acceptors (Lipinski definition) is 4. The van der Waals surface area contributed by atoms with Crippen LogP contribution in [0.25, 0.3) is 11.4 Å². The van der Waals surface area contributed by atoms with Crippen molar-refractivity contribution >= 4 is 10.0 Å². The first kappa shape index (κ1) is 16.4. The maximum atomic E-state index is 12.3. The molecule has 24 heavy (non-hydrogen) atoms. The first-order valence-corrected chi connectivity index (χ1v) is 9.04.